The Morgan fingerprint density at radius 1 is 1.62 bits per heavy atom. The summed E-state index contributed by atoms with van der Waals surface area (Å²) in [6.45, 7) is 1.98. The highest BCUT2D eigenvalue weighted by atomic mass is 79.9. The largest absolute Gasteiger partial charge is 0.395 e. The van der Waals surface area contributed by atoms with Crippen molar-refractivity contribution in [3.05, 3.63) is 21.4 Å². The van der Waals surface area contributed by atoms with Gasteiger partial charge < -0.3 is 10.8 Å². The van der Waals surface area contributed by atoms with E-state index in [0.29, 0.717) is 6.42 Å². The number of benzene rings is 1. The highest BCUT2D eigenvalue weighted by Gasteiger charge is 2.36. The molecule has 1 aromatic rings. The Morgan fingerprint density at radius 3 is 2.76 bits per heavy atom. The Hall–Kier alpha value is -0.410. The summed E-state index contributed by atoms with van der Waals surface area (Å²) in [6, 6.07) is 1.04. The number of halogens is 3. The summed E-state index contributed by atoms with van der Waals surface area (Å²) in [5, 5.41) is 9.57. The van der Waals surface area contributed by atoms with E-state index in [0.717, 1.165) is 10.4 Å². The molecule has 21 heavy (non-hydrogen) atoms. The van der Waals surface area contributed by atoms with Crippen molar-refractivity contribution in [2.75, 3.05) is 18.8 Å². The fraction of sp³-hybridized carbons (Fsp3) is 0.500. The van der Waals surface area contributed by atoms with Gasteiger partial charge in [0.15, 0.2) is 5.82 Å². The van der Waals surface area contributed by atoms with Crippen LogP contribution >= 0.6 is 27.5 Å². The average molecular weight is 402 g/mol. The molecule has 0 bridgehead atoms. The highest BCUT2D eigenvalue weighted by molar-refractivity contribution is 9.10. The molecule has 1 heterocycles. The molecule has 0 aromatic heterocycles. The SMILES string of the molecule is CC(O)C1CCN(S(=O)(=O)c2cc(Cl)c(Br)c(N)c2F)C1. The minimum absolute atomic E-state index is 0.0266. The summed E-state index contributed by atoms with van der Waals surface area (Å²) < 4.78 is 40.5. The van der Waals surface area contributed by atoms with Crippen LogP contribution in [0.3, 0.4) is 0 Å². The number of hydrogen-bond acceptors (Lipinski definition) is 4. The van der Waals surface area contributed by atoms with Crippen molar-refractivity contribution >= 4 is 43.2 Å². The van der Waals surface area contributed by atoms with Gasteiger partial charge in [0.25, 0.3) is 0 Å². The topological polar surface area (TPSA) is 83.6 Å². The first-order valence-corrected chi connectivity index (χ1v) is 8.88. The maximum absolute atomic E-state index is 14.2. The molecule has 2 atom stereocenters. The molecule has 0 saturated carbocycles. The maximum Gasteiger partial charge on any atom is 0.246 e. The Labute approximate surface area is 136 Å². The van der Waals surface area contributed by atoms with Crippen molar-refractivity contribution in [2.45, 2.75) is 24.3 Å². The van der Waals surface area contributed by atoms with E-state index in [9.17, 15) is 17.9 Å². The van der Waals surface area contributed by atoms with Crippen LogP contribution < -0.4 is 5.73 Å². The van der Waals surface area contributed by atoms with E-state index in [2.05, 4.69) is 15.9 Å². The lowest BCUT2D eigenvalue weighted by Gasteiger charge is -2.19. The second kappa shape index (κ2) is 6.00. The first-order valence-electron chi connectivity index (χ1n) is 6.27. The number of aliphatic hydroxyl groups is 1. The third kappa shape index (κ3) is 3.05. The van der Waals surface area contributed by atoms with E-state index in [1.807, 2.05) is 0 Å². The van der Waals surface area contributed by atoms with Crippen LogP contribution in [0.1, 0.15) is 13.3 Å². The summed E-state index contributed by atoms with van der Waals surface area (Å²) in [5.74, 6) is -1.18. The number of hydrogen-bond donors (Lipinski definition) is 2. The van der Waals surface area contributed by atoms with Crippen LogP contribution in [0.4, 0.5) is 10.1 Å². The predicted octanol–water partition coefficient (Wildman–Crippen LogP) is 2.22. The number of nitrogen functional groups attached to an aromatic ring is 1. The Balaban J connectivity index is 2.42. The van der Waals surface area contributed by atoms with Gasteiger partial charge in [0.1, 0.15) is 4.90 Å². The standard InChI is InChI=1S/C12H15BrClFN2O3S/c1-6(18)7-2-3-17(5-7)21(19,20)9-4-8(14)10(13)12(16)11(9)15/h4,6-7,18H,2-3,5,16H2,1H3. The summed E-state index contributed by atoms with van der Waals surface area (Å²) >= 11 is 8.87. The van der Waals surface area contributed by atoms with Gasteiger partial charge in [-0.05, 0) is 41.3 Å². The molecule has 9 heteroatoms. The monoisotopic (exact) mass is 400 g/mol. The third-order valence-electron chi connectivity index (χ3n) is 3.64. The molecule has 1 fully saturated rings. The zero-order valence-electron chi connectivity index (χ0n) is 11.2. The van der Waals surface area contributed by atoms with Crippen molar-refractivity contribution in [1.82, 2.24) is 4.31 Å². The van der Waals surface area contributed by atoms with Gasteiger partial charge in [0, 0.05) is 13.1 Å². The van der Waals surface area contributed by atoms with Crippen molar-refractivity contribution in [3.63, 3.8) is 0 Å². The minimum atomic E-state index is -4.04. The molecule has 5 nitrogen and oxygen atoms in total. The van der Waals surface area contributed by atoms with Crippen LogP contribution in [0.5, 0.6) is 0 Å². The normalized spacial score (nSPS) is 21.7. The smallest absolute Gasteiger partial charge is 0.246 e. The summed E-state index contributed by atoms with van der Waals surface area (Å²) in [7, 11) is -4.04. The molecule has 1 aromatic carbocycles. The molecule has 1 aliphatic rings. The van der Waals surface area contributed by atoms with E-state index in [4.69, 9.17) is 17.3 Å². The number of aliphatic hydroxyl groups excluding tert-OH is 1. The fourth-order valence-electron chi connectivity index (χ4n) is 2.29. The first-order chi connectivity index (χ1) is 9.66. The van der Waals surface area contributed by atoms with E-state index in [1.54, 1.807) is 6.92 Å². The molecule has 0 aliphatic carbocycles. The highest BCUT2D eigenvalue weighted by Crippen LogP contribution is 2.36. The molecular weight excluding hydrogens is 387 g/mol. The molecule has 2 unspecified atom stereocenters. The van der Waals surface area contributed by atoms with Gasteiger partial charge in [-0.25, -0.2) is 12.8 Å². The lowest BCUT2D eigenvalue weighted by molar-refractivity contribution is 0.133. The molecule has 0 radical (unpaired) electrons. The predicted molar refractivity (Wildman–Crippen MR) is 82.1 cm³/mol. The second-order valence-electron chi connectivity index (χ2n) is 5.05. The van der Waals surface area contributed by atoms with Crippen LogP contribution in [-0.2, 0) is 10.0 Å². The number of sulfonamides is 1. The Morgan fingerprint density at radius 2 is 2.24 bits per heavy atom. The Kier molecular flexibility index (Phi) is 4.84. The number of nitrogens with two attached hydrogens (primary N) is 1. The minimum Gasteiger partial charge on any atom is -0.395 e. The van der Waals surface area contributed by atoms with Gasteiger partial charge in [-0.2, -0.15) is 4.31 Å². The lowest BCUT2D eigenvalue weighted by atomic mass is 10.0. The molecule has 118 valence electrons. The van der Waals surface area contributed by atoms with E-state index < -0.39 is 26.8 Å². The molecule has 2 rings (SSSR count). The van der Waals surface area contributed by atoms with Gasteiger partial charge in [0.2, 0.25) is 10.0 Å². The van der Waals surface area contributed by atoms with Crippen LogP contribution in [0, 0.1) is 11.7 Å². The number of anilines is 1. The molecule has 0 spiro atoms. The van der Waals surface area contributed by atoms with Crippen molar-refractivity contribution in [2.24, 2.45) is 5.92 Å². The van der Waals surface area contributed by atoms with Crippen molar-refractivity contribution < 1.29 is 17.9 Å². The average Bonchev–Trinajstić information content (AvgIpc) is 2.91. The van der Waals surface area contributed by atoms with Crippen LogP contribution in [0.2, 0.25) is 5.02 Å². The van der Waals surface area contributed by atoms with Crippen LogP contribution in [0.25, 0.3) is 0 Å². The quantitative estimate of drug-likeness (QED) is 0.601. The summed E-state index contributed by atoms with van der Waals surface area (Å²) in [4.78, 5) is -0.542. The van der Waals surface area contributed by atoms with Crippen LogP contribution in [-0.4, -0.2) is 37.0 Å². The molecule has 3 N–H and O–H groups in total. The fourth-order valence-corrected chi connectivity index (χ4v) is 4.47. The second-order valence-corrected chi connectivity index (χ2v) is 8.16. The van der Waals surface area contributed by atoms with Gasteiger partial charge in [-0.1, -0.05) is 11.6 Å². The van der Waals surface area contributed by atoms with Gasteiger partial charge in [-0.3, -0.25) is 0 Å². The molecular formula is C12H15BrClFN2O3S. The van der Waals surface area contributed by atoms with E-state index in [-0.39, 0.29) is 34.2 Å². The summed E-state index contributed by atoms with van der Waals surface area (Å²) in [5.41, 5.74) is 5.18. The zero-order valence-corrected chi connectivity index (χ0v) is 14.3. The van der Waals surface area contributed by atoms with E-state index >= 15 is 0 Å². The number of rotatable bonds is 3. The van der Waals surface area contributed by atoms with Crippen molar-refractivity contribution in [1.29, 1.82) is 0 Å². The van der Waals surface area contributed by atoms with Gasteiger partial charge in [-0.15, -0.1) is 0 Å². The maximum atomic E-state index is 14.2. The van der Waals surface area contributed by atoms with Crippen molar-refractivity contribution in [3.8, 4) is 0 Å². The van der Waals surface area contributed by atoms with Gasteiger partial charge >= 0.3 is 0 Å². The molecule has 1 aliphatic heterocycles. The molecule has 0 amide bonds. The van der Waals surface area contributed by atoms with Gasteiger partial charge in [0.05, 0.1) is 21.3 Å². The van der Waals surface area contributed by atoms with Crippen LogP contribution in [0.15, 0.2) is 15.4 Å². The number of nitrogens with zero attached hydrogens (tertiary/aromatic N) is 1. The third-order valence-corrected chi connectivity index (χ3v) is 6.89. The Bertz CT molecular complexity index is 669. The summed E-state index contributed by atoms with van der Waals surface area (Å²) in [6.07, 6.45) is -0.0910. The lowest BCUT2D eigenvalue weighted by Crippen LogP contribution is -2.31. The molecule has 1 saturated heterocycles. The first kappa shape index (κ1) is 17.0. The van der Waals surface area contributed by atoms with E-state index in [1.165, 1.54) is 0 Å². The zero-order chi connectivity index (χ0) is 15.9.